The lowest BCUT2D eigenvalue weighted by Crippen LogP contribution is -2.14. The van der Waals surface area contributed by atoms with Crippen LogP contribution in [0.25, 0.3) is 0 Å². The van der Waals surface area contributed by atoms with E-state index in [0.717, 1.165) is 10.4 Å². The van der Waals surface area contributed by atoms with Crippen LogP contribution in [0.3, 0.4) is 0 Å². The minimum absolute atomic E-state index is 0.0958. The number of anilines is 1. The fourth-order valence-corrected chi connectivity index (χ4v) is 3.12. The highest BCUT2D eigenvalue weighted by Crippen LogP contribution is 2.33. The summed E-state index contributed by atoms with van der Waals surface area (Å²) in [5, 5.41) is 13.7. The number of aryl methyl sites for hydroxylation is 1. The molecule has 1 amide bonds. The van der Waals surface area contributed by atoms with E-state index in [-0.39, 0.29) is 17.9 Å². The maximum Gasteiger partial charge on any atom is 0.341 e. The molecule has 0 unspecified atom stereocenters. The van der Waals surface area contributed by atoms with Crippen molar-refractivity contribution < 1.29 is 19.2 Å². The van der Waals surface area contributed by atoms with E-state index in [9.17, 15) is 19.7 Å². The monoisotopic (exact) mass is 348 g/mol. The zero-order valence-electron chi connectivity index (χ0n) is 13.4. The highest BCUT2D eigenvalue weighted by Gasteiger charge is 2.22. The molecule has 1 N–H and O–H groups in total. The van der Waals surface area contributed by atoms with E-state index in [0.29, 0.717) is 10.6 Å². The van der Waals surface area contributed by atoms with Crippen molar-refractivity contribution in [2.75, 3.05) is 11.9 Å². The molecule has 0 saturated carbocycles. The average molecular weight is 348 g/mol. The number of thiophene rings is 1. The van der Waals surface area contributed by atoms with Crippen molar-refractivity contribution in [3.05, 3.63) is 55.9 Å². The molecule has 7 nitrogen and oxygen atoms in total. The Bertz CT molecular complexity index is 796. The molecule has 126 valence electrons. The summed E-state index contributed by atoms with van der Waals surface area (Å²) < 4.78 is 5.03. The lowest BCUT2D eigenvalue weighted by atomic mass is 10.1. The largest absolute Gasteiger partial charge is 0.462 e. The molecule has 8 heteroatoms. The number of amides is 1. The maximum atomic E-state index is 12.3. The van der Waals surface area contributed by atoms with Gasteiger partial charge in [-0.05, 0) is 38.5 Å². The topological polar surface area (TPSA) is 98.5 Å². The first-order valence-electron chi connectivity index (χ1n) is 7.18. The predicted molar refractivity (Wildman–Crippen MR) is 90.8 cm³/mol. The summed E-state index contributed by atoms with van der Waals surface area (Å²) in [5.41, 5.74) is 1.27. The Morgan fingerprint density at radius 1 is 1.25 bits per heavy atom. The van der Waals surface area contributed by atoms with E-state index >= 15 is 0 Å². The minimum atomic E-state index is -0.535. The second-order valence-electron chi connectivity index (χ2n) is 4.97. The number of nitro benzene ring substituents is 1. The number of rotatable bonds is 5. The van der Waals surface area contributed by atoms with Crippen molar-refractivity contribution in [1.82, 2.24) is 0 Å². The quantitative estimate of drug-likeness (QED) is 0.504. The molecule has 0 bridgehead atoms. The third-order valence-corrected chi connectivity index (χ3v) is 4.55. The molecule has 2 aromatic rings. The van der Waals surface area contributed by atoms with Crippen LogP contribution in [0.15, 0.2) is 24.3 Å². The Morgan fingerprint density at radius 2 is 1.88 bits per heavy atom. The van der Waals surface area contributed by atoms with Crippen LogP contribution in [0.1, 0.15) is 38.1 Å². The molecule has 0 aliphatic carbocycles. The number of nitrogens with zero attached hydrogens (tertiary/aromatic N) is 1. The molecule has 1 heterocycles. The van der Waals surface area contributed by atoms with Gasteiger partial charge in [-0.2, -0.15) is 0 Å². The number of hydrogen-bond donors (Lipinski definition) is 1. The highest BCUT2D eigenvalue weighted by molar-refractivity contribution is 7.16. The lowest BCUT2D eigenvalue weighted by molar-refractivity contribution is -0.384. The Hall–Kier alpha value is -2.74. The fourth-order valence-electron chi connectivity index (χ4n) is 2.07. The molecular weight excluding hydrogens is 332 g/mol. The zero-order valence-corrected chi connectivity index (χ0v) is 14.2. The first-order chi connectivity index (χ1) is 11.3. The van der Waals surface area contributed by atoms with Crippen molar-refractivity contribution in [3.63, 3.8) is 0 Å². The summed E-state index contributed by atoms with van der Waals surface area (Å²) in [4.78, 5) is 35.4. The number of nitrogens with one attached hydrogen (secondary N) is 1. The summed E-state index contributed by atoms with van der Waals surface area (Å²) in [7, 11) is 0. The van der Waals surface area contributed by atoms with Gasteiger partial charge in [0.1, 0.15) is 5.00 Å². The SMILES string of the molecule is CCOC(=O)c1c(NC(=O)c2ccc([N+](=O)[O-])cc2)sc(C)c1C. The second kappa shape index (κ2) is 7.22. The summed E-state index contributed by atoms with van der Waals surface area (Å²) in [6, 6.07) is 5.24. The molecule has 2 rings (SSSR count). The molecule has 0 aliphatic rings. The number of nitro groups is 1. The summed E-state index contributed by atoms with van der Waals surface area (Å²) in [5.74, 6) is -0.935. The van der Waals surface area contributed by atoms with Gasteiger partial charge in [0.05, 0.1) is 17.1 Å². The molecule has 24 heavy (non-hydrogen) atoms. The number of esters is 1. The van der Waals surface area contributed by atoms with Gasteiger partial charge < -0.3 is 10.1 Å². The van der Waals surface area contributed by atoms with E-state index < -0.39 is 16.8 Å². The lowest BCUT2D eigenvalue weighted by Gasteiger charge is -2.07. The standard InChI is InChI=1S/C16H16N2O5S/c1-4-23-16(20)13-9(2)10(3)24-15(13)17-14(19)11-5-7-12(8-6-11)18(21)22/h5-8H,4H2,1-3H3,(H,17,19). The van der Waals surface area contributed by atoms with Gasteiger partial charge in [-0.25, -0.2) is 4.79 Å². The van der Waals surface area contributed by atoms with Gasteiger partial charge in [0, 0.05) is 22.6 Å². The van der Waals surface area contributed by atoms with Crippen LogP contribution in [0.4, 0.5) is 10.7 Å². The minimum Gasteiger partial charge on any atom is -0.462 e. The van der Waals surface area contributed by atoms with Crippen LogP contribution in [-0.4, -0.2) is 23.4 Å². The van der Waals surface area contributed by atoms with E-state index in [2.05, 4.69) is 5.32 Å². The highest BCUT2D eigenvalue weighted by atomic mass is 32.1. The van der Waals surface area contributed by atoms with Gasteiger partial charge in [-0.3, -0.25) is 14.9 Å². The van der Waals surface area contributed by atoms with Gasteiger partial charge in [0.25, 0.3) is 11.6 Å². The van der Waals surface area contributed by atoms with Crippen molar-refractivity contribution in [2.45, 2.75) is 20.8 Å². The maximum absolute atomic E-state index is 12.3. The van der Waals surface area contributed by atoms with E-state index in [1.807, 2.05) is 6.92 Å². The van der Waals surface area contributed by atoms with Gasteiger partial charge in [-0.15, -0.1) is 11.3 Å². The molecule has 0 aliphatic heterocycles. The number of ether oxygens (including phenoxy) is 1. The van der Waals surface area contributed by atoms with Crippen LogP contribution in [0, 0.1) is 24.0 Å². The Balaban J connectivity index is 2.27. The second-order valence-corrected chi connectivity index (χ2v) is 6.19. The van der Waals surface area contributed by atoms with Crippen LogP contribution < -0.4 is 5.32 Å². The molecular formula is C16H16N2O5S. The molecule has 0 fully saturated rings. The van der Waals surface area contributed by atoms with Crippen LogP contribution in [0.5, 0.6) is 0 Å². The molecule has 0 radical (unpaired) electrons. The molecule has 0 saturated heterocycles. The number of carbonyl (C=O) groups excluding carboxylic acids is 2. The smallest absolute Gasteiger partial charge is 0.341 e. The Kier molecular flexibility index (Phi) is 5.30. The van der Waals surface area contributed by atoms with E-state index in [1.54, 1.807) is 13.8 Å². The fraction of sp³-hybridized carbons (Fsp3) is 0.250. The third-order valence-electron chi connectivity index (χ3n) is 3.43. The van der Waals surface area contributed by atoms with Crippen LogP contribution in [0.2, 0.25) is 0 Å². The molecule has 0 atom stereocenters. The third kappa shape index (κ3) is 3.60. The van der Waals surface area contributed by atoms with E-state index in [1.165, 1.54) is 35.6 Å². The van der Waals surface area contributed by atoms with Crippen molar-refractivity contribution in [1.29, 1.82) is 0 Å². The van der Waals surface area contributed by atoms with Gasteiger partial charge >= 0.3 is 5.97 Å². The van der Waals surface area contributed by atoms with E-state index in [4.69, 9.17) is 4.74 Å². The normalized spacial score (nSPS) is 10.3. The van der Waals surface area contributed by atoms with Gasteiger partial charge in [-0.1, -0.05) is 0 Å². The number of non-ortho nitro benzene ring substituents is 1. The summed E-state index contributed by atoms with van der Waals surface area (Å²) in [6.45, 7) is 5.59. The van der Waals surface area contributed by atoms with Crippen LogP contribution in [-0.2, 0) is 4.74 Å². The Morgan fingerprint density at radius 3 is 2.42 bits per heavy atom. The van der Waals surface area contributed by atoms with Crippen molar-refractivity contribution in [3.8, 4) is 0 Å². The van der Waals surface area contributed by atoms with Crippen molar-refractivity contribution >= 4 is 33.9 Å². The number of carbonyl (C=O) groups is 2. The first kappa shape index (κ1) is 17.6. The molecule has 1 aromatic heterocycles. The zero-order chi connectivity index (χ0) is 17.9. The first-order valence-corrected chi connectivity index (χ1v) is 7.99. The number of benzene rings is 1. The van der Waals surface area contributed by atoms with Gasteiger partial charge in [0.15, 0.2) is 0 Å². The molecule has 0 spiro atoms. The summed E-state index contributed by atoms with van der Waals surface area (Å²) >= 11 is 1.29. The predicted octanol–water partition coefficient (Wildman–Crippen LogP) is 3.70. The van der Waals surface area contributed by atoms with Gasteiger partial charge in [0.2, 0.25) is 0 Å². The van der Waals surface area contributed by atoms with Crippen LogP contribution >= 0.6 is 11.3 Å². The summed E-state index contributed by atoms with van der Waals surface area (Å²) in [6.07, 6.45) is 0. The Labute approximate surface area is 142 Å². The number of hydrogen-bond acceptors (Lipinski definition) is 6. The molecule has 1 aromatic carbocycles. The van der Waals surface area contributed by atoms with Crippen molar-refractivity contribution in [2.24, 2.45) is 0 Å². The average Bonchev–Trinajstić information content (AvgIpc) is 2.82.